The highest BCUT2D eigenvalue weighted by Gasteiger charge is 2.30. The number of benzene rings is 1. The molecule has 10 nitrogen and oxygen atoms in total. The number of ether oxygens (including phenoxy) is 1. The summed E-state index contributed by atoms with van der Waals surface area (Å²) < 4.78 is 21.4. The summed E-state index contributed by atoms with van der Waals surface area (Å²) in [4.78, 5) is 17.1. The Balaban J connectivity index is 1.19. The van der Waals surface area contributed by atoms with Crippen LogP contribution in [0.1, 0.15) is 72.2 Å². The molecular formula is C27H31FN8O2. The number of carbonyl (C=O) groups excluding carboxylic acids is 1. The minimum absolute atomic E-state index is 0.0118. The summed E-state index contributed by atoms with van der Waals surface area (Å²) in [5, 5.41) is 20.1. The zero-order chi connectivity index (χ0) is 26.2. The Bertz CT molecular complexity index is 1460. The molecule has 0 unspecified atom stereocenters. The lowest BCUT2D eigenvalue weighted by Gasteiger charge is -2.28. The maximum atomic E-state index is 14.1. The van der Waals surface area contributed by atoms with Gasteiger partial charge in [0.05, 0.1) is 37.5 Å². The summed E-state index contributed by atoms with van der Waals surface area (Å²) in [6.45, 7) is 0.833. The van der Waals surface area contributed by atoms with Crippen LogP contribution in [0.25, 0.3) is 5.52 Å². The molecule has 1 aliphatic carbocycles. The van der Waals surface area contributed by atoms with E-state index < -0.39 is 0 Å². The van der Waals surface area contributed by atoms with E-state index >= 15 is 0 Å². The van der Waals surface area contributed by atoms with Gasteiger partial charge >= 0.3 is 0 Å². The van der Waals surface area contributed by atoms with Crippen molar-refractivity contribution in [1.82, 2.24) is 35.1 Å². The van der Waals surface area contributed by atoms with Crippen LogP contribution >= 0.6 is 0 Å². The zero-order valence-electron chi connectivity index (χ0n) is 21.5. The third kappa shape index (κ3) is 4.57. The predicted molar refractivity (Wildman–Crippen MR) is 139 cm³/mol. The van der Waals surface area contributed by atoms with E-state index in [0.29, 0.717) is 11.3 Å². The summed E-state index contributed by atoms with van der Waals surface area (Å²) in [5.41, 5.74) is 3.10. The molecule has 0 spiro atoms. The van der Waals surface area contributed by atoms with Gasteiger partial charge in [0, 0.05) is 36.0 Å². The van der Waals surface area contributed by atoms with Crippen molar-refractivity contribution < 1.29 is 13.9 Å². The lowest BCUT2D eigenvalue weighted by Crippen LogP contribution is -2.37. The molecule has 198 valence electrons. The number of pyridine rings is 1. The highest BCUT2D eigenvalue weighted by molar-refractivity contribution is 6.01. The van der Waals surface area contributed by atoms with Crippen LogP contribution in [0.4, 0.5) is 10.1 Å². The fourth-order valence-corrected chi connectivity index (χ4v) is 5.91. The van der Waals surface area contributed by atoms with Gasteiger partial charge in [-0.2, -0.15) is 9.90 Å². The maximum Gasteiger partial charge on any atom is 0.255 e. The molecule has 1 N–H and O–H groups in total. The molecule has 1 saturated heterocycles. The van der Waals surface area contributed by atoms with Crippen LogP contribution in [0.5, 0.6) is 5.75 Å². The van der Waals surface area contributed by atoms with Gasteiger partial charge < -0.3 is 15.0 Å². The molecule has 0 radical (unpaired) electrons. The molecule has 4 aromatic rings. The average Bonchev–Trinajstić information content (AvgIpc) is 3.68. The fraction of sp³-hybridized carbons (Fsp3) is 0.444. The quantitative estimate of drug-likeness (QED) is 0.414. The van der Waals surface area contributed by atoms with E-state index in [0.717, 1.165) is 67.7 Å². The van der Waals surface area contributed by atoms with Crippen molar-refractivity contribution in [2.75, 3.05) is 18.6 Å². The number of methoxy groups -OCH3 is 1. The van der Waals surface area contributed by atoms with Crippen molar-refractivity contribution in [3.05, 3.63) is 65.5 Å². The van der Waals surface area contributed by atoms with Crippen LogP contribution in [-0.2, 0) is 7.05 Å². The number of rotatable bonds is 6. The van der Waals surface area contributed by atoms with Crippen LogP contribution in [0.15, 0.2) is 42.7 Å². The molecular weight excluding hydrogens is 487 g/mol. The summed E-state index contributed by atoms with van der Waals surface area (Å²) in [5.74, 6) is 1.34. The van der Waals surface area contributed by atoms with E-state index in [-0.39, 0.29) is 29.7 Å². The molecule has 2 fully saturated rings. The molecule has 6 rings (SSSR count). The van der Waals surface area contributed by atoms with E-state index in [4.69, 9.17) is 4.74 Å². The lowest BCUT2D eigenvalue weighted by atomic mass is 9.85. The second-order valence-corrected chi connectivity index (χ2v) is 10.2. The fourth-order valence-electron chi connectivity index (χ4n) is 5.91. The largest absolute Gasteiger partial charge is 0.496 e. The number of halogens is 1. The third-order valence-electron chi connectivity index (χ3n) is 7.84. The number of hydrogen-bond donors (Lipinski definition) is 1. The van der Waals surface area contributed by atoms with Gasteiger partial charge in [0.2, 0.25) is 0 Å². The average molecular weight is 519 g/mol. The third-order valence-corrected chi connectivity index (χ3v) is 7.84. The molecule has 4 heterocycles. The summed E-state index contributed by atoms with van der Waals surface area (Å²) in [6.07, 6.45) is 8.93. The SMILES string of the molecule is COc1ccc(F)cc1[C@H]1CCCN1c1ccn2ncc(C(=O)N[C@H]3CC[C@H](c4nnn(C)n4)CC3)c2c1. The monoisotopic (exact) mass is 518 g/mol. The van der Waals surface area contributed by atoms with Crippen LogP contribution < -0.4 is 15.0 Å². The minimum Gasteiger partial charge on any atom is -0.496 e. The smallest absolute Gasteiger partial charge is 0.255 e. The van der Waals surface area contributed by atoms with Gasteiger partial charge in [0.1, 0.15) is 11.6 Å². The molecule has 1 saturated carbocycles. The summed E-state index contributed by atoms with van der Waals surface area (Å²) in [6, 6.07) is 8.74. The highest BCUT2D eigenvalue weighted by atomic mass is 19.1. The number of amides is 1. The molecule has 3 aromatic heterocycles. The number of nitrogens with one attached hydrogen (secondary N) is 1. The Morgan fingerprint density at radius 2 is 1.97 bits per heavy atom. The topological polar surface area (TPSA) is 102 Å². The molecule has 0 bridgehead atoms. The first kappa shape index (κ1) is 24.3. The molecule has 2 aliphatic rings. The summed E-state index contributed by atoms with van der Waals surface area (Å²) in [7, 11) is 3.38. The first-order valence-electron chi connectivity index (χ1n) is 13.1. The normalized spacial score (nSPS) is 21.7. The van der Waals surface area contributed by atoms with Crippen LogP contribution in [-0.4, -0.2) is 55.4 Å². The van der Waals surface area contributed by atoms with Gasteiger partial charge in [0.25, 0.3) is 5.91 Å². The number of aryl methyl sites for hydroxylation is 1. The Morgan fingerprint density at radius 3 is 2.74 bits per heavy atom. The van der Waals surface area contributed by atoms with Crippen molar-refractivity contribution in [3.63, 3.8) is 0 Å². The standard InChI is InChI=1S/C27H31FN8O2/c1-34-32-26(31-33-34)17-5-8-19(9-6-17)30-27(37)22-16-29-36-13-11-20(15-24(22)36)35-12-3-4-23(35)21-14-18(28)7-10-25(21)38-2/h7,10-11,13-17,19,23H,3-6,8-9,12H2,1-2H3,(H,30,37)/t17-,19-,23-/m1/s1. The van der Waals surface area contributed by atoms with E-state index in [1.165, 1.54) is 10.9 Å². The number of aromatic nitrogens is 6. The minimum atomic E-state index is -0.278. The van der Waals surface area contributed by atoms with Crippen molar-refractivity contribution in [2.24, 2.45) is 7.05 Å². The first-order chi connectivity index (χ1) is 18.5. The Labute approximate surface area is 219 Å². The van der Waals surface area contributed by atoms with Crippen LogP contribution in [0.3, 0.4) is 0 Å². The number of tetrazole rings is 1. The van der Waals surface area contributed by atoms with Gasteiger partial charge in [0.15, 0.2) is 5.82 Å². The van der Waals surface area contributed by atoms with E-state index in [1.54, 1.807) is 37.0 Å². The van der Waals surface area contributed by atoms with Crippen molar-refractivity contribution >= 4 is 17.1 Å². The van der Waals surface area contributed by atoms with Gasteiger partial charge in [-0.15, -0.1) is 10.2 Å². The van der Waals surface area contributed by atoms with E-state index in [1.807, 2.05) is 18.3 Å². The second-order valence-electron chi connectivity index (χ2n) is 10.2. The van der Waals surface area contributed by atoms with Gasteiger partial charge in [-0.1, -0.05) is 0 Å². The van der Waals surface area contributed by atoms with E-state index in [9.17, 15) is 9.18 Å². The van der Waals surface area contributed by atoms with E-state index in [2.05, 4.69) is 30.7 Å². The number of nitrogens with zero attached hydrogens (tertiary/aromatic N) is 7. The van der Waals surface area contributed by atoms with Crippen LogP contribution in [0.2, 0.25) is 0 Å². The van der Waals surface area contributed by atoms with Crippen molar-refractivity contribution in [1.29, 1.82) is 0 Å². The van der Waals surface area contributed by atoms with Gasteiger partial charge in [-0.25, -0.2) is 8.91 Å². The molecule has 38 heavy (non-hydrogen) atoms. The highest BCUT2D eigenvalue weighted by Crippen LogP contribution is 2.40. The molecule has 1 amide bonds. The lowest BCUT2D eigenvalue weighted by molar-refractivity contribution is 0.0927. The Kier molecular flexibility index (Phi) is 6.42. The molecule has 1 aromatic carbocycles. The zero-order valence-corrected chi connectivity index (χ0v) is 21.5. The van der Waals surface area contributed by atoms with Gasteiger partial charge in [-0.05, 0) is 74.1 Å². The summed E-state index contributed by atoms with van der Waals surface area (Å²) >= 11 is 0. The number of fused-ring (bicyclic) bond motifs is 1. The number of hydrogen-bond acceptors (Lipinski definition) is 7. The molecule has 11 heteroatoms. The maximum absolute atomic E-state index is 14.1. The number of anilines is 1. The van der Waals surface area contributed by atoms with Gasteiger partial charge in [-0.3, -0.25) is 4.79 Å². The predicted octanol–water partition coefficient (Wildman–Crippen LogP) is 3.80. The van der Waals surface area contributed by atoms with Crippen LogP contribution in [0, 0.1) is 5.82 Å². The second kappa shape index (κ2) is 10.0. The molecule has 1 aliphatic heterocycles. The van der Waals surface area contributed by atoms with Crippen molar-refractivity contribution in [3.8, 4) is 5.75 Å². The first-order valence-corrected chi connectivity index (χ1v) is 13.1. The Hall–Kier alpha value is -4.02. The van der Waals surface area contributed by atoms with Crippen molar-refractivity contribution in [2.45, 2.75) is 56.5 Å². The number of carbonyl (C=O) groups is 1. The Morgan fingerprint density at radius 1 is 1.13 bits per heavy atom. The molecule has 1 atom stereocenters.